The minimum atomic E-state index is -3.82. The van der Waals surface area contributed by atoms with E-state index >= 15 is 0 Å². The first-order chi connectivity index (χ1) is 9.79. The molecule has 0 aromatic heterocycles. The van der Waals surface area contributed by atoms with Gasteiger partial charge in [0.2, 0.25) is 10.0 Å². The van der Waals surface area contributed by atoms with Crippen molar-refractivity contribution in [1.29, 1.82) is 0 Å². The Hall–Kier alpha value is -1.15. The van der Waals surface area contributed by atoms with Crippen LogP contribution in [-0.2, 0) is 10.0 Å². The van der Waals surface area contributed by atoms with Crippen LogP contribution in [0.3, 0.4) is 0 Å². The van der Waals surface area contributed by atoms with Crippen molar-refractivity contribution < 1.29 is 18.3 Å². The van der Waals surface area contributed by atoms with E-state index in [-0.39, 0.29) is 21.4 Å². The number of rotatable bonds is 5. The van der Waals surface area contributed by atoms with Gasteiger partial charge in [-0.15, -0.1) is 0 Å². The topological polar surface area (TPSA) is 86.7 Å². The van der Waals surface area contributed by atoms with Gasteiger partial charge in [-0.25, -0.2) is 17.9 Å². The average molecular weight is 333 g/mol. The predicted octanol–water partition coefficient (Wildman–Crippen LogP) is 1.27. The zero-order valence-corrected chi connectivity index (χ0v) is 13.1. The molecule has 0 spiro atoms. The minimum absolute atomic E-state index is 0.0102. The van der Waals surface area contributed by atoms with Gasteiger partial charge in [-0.1, -0.05) is 11.6 Å². The fourth-order valence-electron chi connectivity index (χ4n) is 2.34. The first kappa shape index (κ1) is 16.2. The molecule has 1 aliphatic rings. The molecule has 0 radical (unpaired) electrons. The van der Waals surface area contributed by atoms with E-state index in [1.165, 1.54) is 12.1 Å². The number of nitrogens with one attached hydrogen (secondary N) is 1. The molecule has 21 heavy (non-hydrogen) atoms. The van der Waals surface area contributed by atoms with Crippen LogP contribution in [0.4, 0.5) is 0 Å². The Morgan fingerprint density at radius 1 is 1.52 bits per heavy atom. The number of sulfonamides is 1. The lowest BCUT2D eigenvalue weighted by Crippen LogP contribution is -2.30. The van der Waals surface area contributed by atoms with Crippen LogP contribution in [0.5, 0.6) is 0 Å². The molecule has 6 nitrogen and oxygen atoms in total. The van der Waals surface area contributed by atoms with Crippen molar-refractivity contribution in [2.75, 3.05) is 26.7 Å². The van der Waals surface area contributed by atoms with Crippen LogP contribution >= 0.6 is 11.6 Å². The van der Waals surface area contributed by atoms with Crippen molar-refractivity contribution in [2.24, 2.45) is 5.92 Å². The molecule has 2 rings (SSSR count). The van der Waals surface area contributed by atoms with Crippen molar-refractivity contribution in [3.05, 3.63) is 28.8 Å². The molecule has 116 valence electrons. The number of likely N-dealkylation sites (tertiary alicyclic amines) is 1. The van der Waals surface area contributed by atoms with Crippen LogP contribution in [-0.4, -0.2) is 51.1 Å². The summed E-state index contributed by atoms with van der Waals surface area (Å²) in [6.07, 6.45) is 0.932. The van der Waals surface area contributed by atoms with Crippen LogP contribution in [0.2, 0.25) is 5.02 Å². The molecule has 1 unspecified atom stereocenters. The van der Waals surface area contributed by atoms with Crippen molar-refractivity contribution in [1.82, 2.24) is 9.62 Å². The lowest BCUT2D eigenvalue weighted by Gasteiger charge is -2.13. The Morgan fingerprint density at radius 3 is 2.81 bits per heavy atom. The van der Waals surface area contributed by atoms with Gasteiger partial charge in [-0.05, 0) is 44.1 Å². The van der Waals surface area contributed by atoms with Gasteiger partial charge in [0, 0.05) is 13.1 Å². The number of halogens is 1. The van der Waals surface area contributed by atoms with Gasteiger partial charge >= 0.3 is 5.97 Å². The number of hydrogen-bond acceptors (Lipinski definition) is 4. The third-order valence-electron chi connectivity index (χ3n) is 3.52. The Bertz CT molecular complexity index is 648. The van der Waals surface area contributed by atoms with Crippen molar-refractivity contribution in [3.63, 3.8) is 0 Å². The van der Waals surface area contributed by atoms with Crippen LogP contribution in [0, 0.1) is 5.92 Å². The number of carboxylic acid groups (broad SMARTS) is 1. The Balaban J connectivity index is 2.15. The molecular formula is C13H17ClN2O4S. The van der Waals surface area contributed by atoms with Crippen LogP contribution < -0.4 is 4.72 Å². The standard InChI is InChI=1S/C13H17ClN2O4S/c1-16-5-4-9(8-16)7-15-21(19,20)12-6-10(13(17)18)2-3-11(12)14/h2-3,6,9,15H,4-5,7-8H2,1H3,(H,17,18). The van der Waals surface area contributed by atoms with Crippen LogP contribution in [0.15, 0.2) is 23.1 Å². The largest absolute Gasteiger partial charge is 0.478 e. The van der Waals surface area contributed by atoms with E-state index in [4.69, 9.17) is 16.7 Å². The second-order valence-electron chi connectivity index (χ2n) is 5.22. The molecule has 0 bridgehead atoms. The Labute approximate surface area is 128 Å². The highest BCUT2D eigenvalue weighted by molar-refractivity contribution is 7.89. The molecule has 1 fully saturated rings. The number of hydrogen-bond donors (Lipinski definition) is 2. The molecule has 2 N–H and O–H groups in total. The third-order valence-corrected chi connectivity index (χ3v) is 5.42. The molecule has 1 atom stereocenters. The fraction of sp³-hybridized carbons (Fsp3) is 0.462. The first-order valence-corrected chi connectivity index (χ1v) is 8.37. The maximum absolute atomic E-state index is 12.3. The average Bonchev–Trinajstić information content (AvgIpc) is 2.82. The van der Waals surface area contributed by atoms with E-state index in [0.29, 0.717) is 6.54 Å². The van der Waals surface area contributed by atoms with Gasteiger partial charge < -0.3 is 10.0 Å². The summed E-state index contributed by atoms with van der Waals surface area (Å²) in [7, 11) is -1.83. The zero-order chi connectivity index (χ0) is 15.6. The van der Waals surface area contributed by atoms with E-state index in [0.717, 1.165) is 25.6 Å². The van der Waals surface area contributed by atoms with Crippen molar-refractivity contribution in [3.8, 4) is 0 Å². The second kappa shape index (κ2) is 6.31. The summed E-state index contributed by atoms with van der Waals surface area (Å²) in [6, 6.07) is 3.63. The fourth-order valence-corrected chi connectivity index (χ4v) is 3.98. The number of aromatic carboxylic acids is 1. The second-order valence-corrected chi connectivity index (χ2v) is 7.36. The van der Waals surface area contributed by atoms with Gasteiger partial charge in [0.05, 0.1) is 10.6 Å². The summed E-state index contributed by atoms with van der Waals surface area (Å²) in [5.74, 6) is -0.938. The summed E-state index contributed by atoms with van der Waals surface area (Å²) >= 11 is 5.88. The molecule has 8 heteroatoms. The van der Waals surface area contributed by atoms with Gasteiger partial charge in [-0.3, -0.25) is 0 Å². The summed E-state index contributed by atoms with van der Waals surface area (Å²) in [5, 5.41) is 8.94. The van der Waals surface area contributed by atoms with Gasteiger partial charge in [0.1, 0.15) is 4.90 Å². The summed E-state index contributed by atoms with van der Waals surface area (Å²) in [4.78, 5) is 12.9. The van der Waals surface area contributed by atoms with Gasteiger partial charge in [0.15, 0.2) is 0 Å². The Kier molecular flexibility index (Phi) is 4.88. The molecule has 1 aromatic rings. The predicted molar refractivity (Wildman–Crippen MR) is 79.2 cm³/mol. The van der Waals surface area contributed by atoms with E-state index in [1.54, 1.807) is 0 Å². The quantitative estimate of drug-likeness (QED) is 0.848. The molecule has 1 saturated heterocycles. The maximum Gasteiger partial charge on any atom is 0.335 e. The third kappa shape index (κ3) is 3.94. The SMILES string of the molecule is CN1CCC(CNS(=O)(=O)c2cc(C(=O)O)ccc2Cl)C1. The molecule has 0 aliphatic carbocycles. The molecule has 0 amide bonds. The molecule has 1 heterocycles. The van der Waals surface area contributed by atoms with E-state index < -0.39 is 16.0 Å². The highest BCUT2D eigenvalue weighted by Crippen LogP contribution is 2.23. The Morgan fingerprint density at radius 2 is 2.24 bits per heavy atom. The normalized spacial score (nSPS) is 19.8. The summed E-state index contributed by atoms with van der Waals surface area (Å²) in [5.41, 5.74) is -0.111. The van der Waals surface area contributed by atoms with E-state index in [9.17, 15) is 13.2 Å². The molecule has 1 aromatic carbocycles. The molecular weight excluding hydrogens is 316 g/mol. The van der Waals surface area contributed by atoms with Crippen LogP contribution in [0.25, 0.3) is 0 Å². The number of carboxylic acids is 1. The molecule has 1 aliphatic heterocycles. The maximum atomic E-state index is 12.3. The van der Waals surface area contributed by atoms with E-state index in [1.807, 2.05) is 7.05 Å². The highest BCUT2D eigenvalue weighted by Gasteiger charge is 2.24. The number of carbonyl (C=O) groups is 1. The lowest BCUT2D eigenvalue weighted by molar-refractivity contribution is 0.0696. The zero-order valence-electron chi connectivity index (χ0n) is 11.5. The number of benzene rings is 1. The summed E-state index contributed by atoms with van der Waals surface area (Å²) in [6.45, 7) is 2.10. The highest BCUT2D eigenvalue weighted by atomic mass is 35.5. The van der Waals surface area contributed by atoms with Crippen molar-refractivity contribution in [2.45, 2.75) is 11.3 Å². The lowest BCUT2D eigenvalue weighted by atomic mass is 10.1. The summed E-state index contributed by atoms with van der Waals surface area (Å²) < 4.78 is 27.0. The van der Waals surface area contributed by atoms with Gasteiger partial charge in [0.25, 0.3) is 0 Å². The van der Waals surface area contributed by atoms with E-state index in [2.05, 4.69) is 9.62 Å². The van der Waals surface area contributed by atoms with Crippen molar-refractivity contribution >= 4 is 27.6 Å². The van der Waals surface area contributed by atoms with Gasteiger partial charge in [-0.2, -0.15) is 0 Å². The molecule has 0 saturated carbocycles. The number of nitrogens with zero attached hydrogens (tertiary/aromatic N) is 1. The minimum Gasteiger partial charge on any atom is -0.478 e. The smallest absolute Gasteiger partial charge is 0.335 e. The van der Waals surface area contributed by atoms with Crippen LogP contribution in [0.1, 0.15) is 16.8 Å². The first-order valence-electron chi connectivity index (χ1n) is 6.50. The monoisotopic (exact) mass is 332 g/mol.